The summed E-state index contributed by atoms with van der Waals surface area (Å²) in [6.07, 6.45) is 1.83. The van der Waals surface area contributed by atoms with Crippen molar-refractivity contribution in [1.29, 1.82) is 0 Å². The molecule has 0 fully saturated rings. The van der Waals surface area contributed by atoms with Crippen LogP contribution in [0.2, 0.25) is 5.02 Å². The Balaban J connectivity index is 2.35. The number of nitrogens with zero attached hydrogens (tertiary/aromatic N) is 1. The molecule has 0 unspecified atom stereocenters. The Morgan fingerprint density at radius 2 is 1.83 bits per heavy atom. The van der Waals surface area contributed by atoms with Crippen LogP contribution < -0.4 is 0 Å². The summed E-state index contributed by atoms with van der Waals surface area (Å²) in [5.41, 5.74) is 3.12. The molecule has 0 aliphatic rings. The predicted octanol–water partition coefficient (Wildman–Crippen LogP) is 4.86. The quantitative estimate of drug-likeness (QED) is 0.603. The molecule has 0 amide bonds. The van der Waals surface area contributed by atoms with E-state index in [2.05, 4.69) is 30.1 Å². The van der Waals surface area contributed by atoms with Crippen LogP contribution in [0.1, 0.15) is 5.56 Å². The smallest absolute Gasteiger partial charge is 0.0795 e. The Hall–Kier alpha value is -1.86. The molecular formula is C16H12ClN. The van der Waals surface area contributed by atoms with Gasteiger partial charge in [-0.3, -0.25) is 4.98 Å². The number of hydrogen-bond donors (Lipinski definition) is 0. The first kappa shape index (κ1) is 11.2. The molecule has 0 N–H and O–H groups in total. The largest absolute Gasteiger partial charge is 0.256 e. The highest BCUT2D eigenvalue weighted by molar-refractivity contribution is 6.33. The molecule has 0 bridgehead atoms. The van der Waals surface area contributed by atoms with Crippen molar-refractivity contribution in [3.63, 3.8) is 0 Å². The summed E-state index contributed by atoms with van der Waals surface area (Å²) in [7, 11) is 0. The van der Waals surface area contributed by atoms with Gasteiger partial charge in [0.1, 0.15) is 0 Å². The third kappa shape index (κ3) is 1.87. The van der Waals surface area contributed by atoms with Crippen molar-refractivity contribution < 1.29 is 0 Å². The number of rotatable bonds is 1. The Morgan fingerprint density at radius 3 is 2.72 bits per heavy atom. The summed E-state index contributed by atoms with van der Waals surface area (Å²) in [5, 5.41) is 3.05. The Bertz CT molecular complexity index is 714. The average Bonchev–Trinajstić information content (AvgIpc) is 2.41. The molecule has 0 saturated heterocycles. The van der Waals surface area contributed by atoms with Crippen LogP contribution in [0.4, 0.5) is 0 Å². The van der Waals surface area contributed by atoms with E-state index in [1.807, 2.05) is 36.5 Å². The van der Waals surface area contributed by atoms with Crippen LogP contribution in [0.3, 0.4) is 0 Å². The zero-order chi connectivity index (χ0) is 12.5. The lowest BCUT2D eigenvalue weighted by Gasteiger charge is -2.08. The molecule has 1 nitrogen and oxygen atoms in total. The minimum Gasteiger partial charge on any atom is -0.256 e. The van der Waals surface area contributed by atoms with Crippen molar-refractivity contribution >= 4 is 22.4 Å². The fraction of sp³-hybridized carbons (Fsp3) is 0.0625. The molecule has 88 valence electrons. The van der Waals surface area contributed by atoms with Crippen molar-refractivity contribution in [1.82, 2.24) is 4.98 Å². The molecule has 0 aliphatic carbocycles. The van der Waals surface area contributed by atoms with E-state index in [1.54, 1.807) is 0 Å². The molecule has 1 heterocycles. The van der Waals surface area contributed by atoms with Gasteiger partial charge in [-0.05, 0) is 30.5 Å². The van der Waals surface area contributed by atoms with Crippen LogP contribution in [-0.2, 0) is 0 Å². The molecule has 0 atom stereocenters. The monoisotopic (exact) mass is 253 g/mol. The van der Waals surface area contributed by atoms with Gasteiger partial charge >= 0.3 is 0 Å². The summed E-state index contributed by atoms with van der Waals surface area (Å²) in [4.78, 5) is 4.49. The zero-order valence-electron chi connectivity index (χ0n) is 10.0. The van der Waals surface area contributed by atoms with Gasteiger partial charge in [0.25, 0.3) is 0 Å². The van der Waals surface area contributed by atoms with E-state index < -0.39 is 0 Å². The first-order chi connectivity index (χ1) is 8.75. The first-order valence-electron chi connectivity index (χ1n) is 5.86. The number of aromatic nitrogens is 1. The molecule has 2 aromatic carbocycles. The van der Waals surface area contributed by atoms with Gasteiger partial charge in [0.05, 0.1) is 5.69 Å². The van der Waals surface area contributed by atoms with Gasteiger partial charge in [0.15, 0.2) is 0 Å². The molecule has 3 rings (SSSR count). The van der Waals surface area contributed by atoms with E-state index in [0.717, 1.165) is 21.7 Å². The lowest BCUT2D eigenvalue weighted by Crippen LogP contribution is -1.87. The van der Waals surface area contributed by atoms with Gasteiger partial charge in [-0.15, -0.1) is 0 Å². The summed E-state index contributed by atoms with van der Waals surface area (Å²) < 4.78 is 0. The Kier molecular flexibility index (Phi) is 2.77. The maximum absolute atomic E-state index is 6.29. The number of hydrogen-bond acceptors (Lipinski definition) is 1. The summed E-state index contributed by atoms with van der Waals surface area (Å²) in [6, 6.07) is 16.3. The molecule has 3 aromatic rings. The number of aryl methyl sites for hydroxylation is 1. The summed E-state index contributed by atoms with van der Waals surface area (Å²) in [5.74, 6) is 0. The van der Waals surface area contributed by atoms with E-state index in [1.165, 1.54) is 10.9 Å². The second-order valence-electron chi connectivity index (χ2n) is 4.36. The van der Waals surface area contributed by atoms with Crippen LogP contribution in [0.25, 0.3) is 22.0 Å². The third-order valence-electron chi connectivity index (χ3n) is 3.05. The van der Waals surface area contributed by atoms with Crippen LogP contribution in [-0.4, -0.2) is 4.98 Å². The van der Waals surface area contributed by atoms with Gasteiger partial charge in [0, 0.05) is 22.2 Å². The van der Waals surface area contributed by atoms with E-state index in [0.29, 0.717) is 0 Å². The summed E-state index contributed by atoms with van der Waals surface area (Å²) in [6.45, 7) is 2.06. The normalized spacial score (nSPS) is 10.8. The maximum Gasteiger partial charge on any atom is 0.0795 e. The van der Waals surface area contributed by atoms with E-state index in [-0.39, 0.29) is 0 Å². The highest BCUT2D eigenvalue weighted by Crippen LogP contribution is 2.32. The number of halogens is 1. The van der Waals surface area contributed by atoms with Gasteiger partial charge in [-0.2, -0.15) is 0 Å². The SMILES string of the molecule is Cc1ccc(Cl)c(-c2nccc3ccccc23)c1. The Labute approximate surface area is 111 Å². The molecule has 0 saturated carbocycles. The molecule has 0 radical (unpaired) electrons. The predicted molar refractivity (Wildman–Crippen MR) is 76.9 cm³/mol. The fourth-order valence-corrected chi connectivity index (χ4v) is 2.36. The van der Waals surface area contributed by atoms with E-state index >= 15 is 0 Å². The second kappa shape index (κ2) is 4.43. The van der Waals surface area contributed by atoms with Gasteiger partial charge in [0.2, 0.25) is 0 Å². The molecular weight excluding hydrogens is 242 g/mol. The van der Waals surface area contributed by atoms with Crippen molar-refractivity contribution in [3.8, 4) is 11.3 Å². The Morgan fingerprint density at radius 1 is 1.00 bits per heavy atom. The van der Waals surface area contributed by atoms with Gasteiger partial charge in [-0.25, -0.2) is 0 Å². The highest BCUT2D eigenvalue weighted by atomic mass is 35.5. The second-order valence-corrected chi connectivity index (χ2v) is 4.77. The van der Waals surface area contributed by atoms with Crippen molar-refractivity contribution in [2.45, 2.75) is 6.92 Å². The summed E-state index contributed by atoms with van der Waals surface area (Å²) >= 11 is 6.29. The minimum atomic E-state index is 0.740. The standard InChI is InChI=1S/C16H12ClN/c1-11-6-7-15(17)14(10-11)16-13-5-3-2-4-12(13)8-9-18-16/h2-10H,1H3. The first-order valence-corrected chi connectivity index (χ1v) is 6.24. The molecule has 2 heteroatoms. The topological polar surface area (TPSA) is 12.9 Å². The van der Waals surface area contributed by atoms with Gasteiger partial charge < -0.3 is 0 Å². The van der Waals surface area contributed by atoms with Crippen molar-refractivity contribution in [3.05, 3.63) is 65.3 Å². The number of benzene rings is 2. The zero-order valence-corrected chi connectivity index (χ0v) is 10.8. The number of pyridine rings is 1. The van der Waals surface area contributed by atoms with Gasteiger partial charge in [-0.1, -0.05) is 47.5 Å². The van der Waals surface area contributed by atoms with Crippen LogP contribution in [0.15, 0.2) is 54.7 Å². The van der Waals surface area contributed by atoms with Crippen LogP contribution in [0.5, 0.6) is 0 Å². The fourth-order valence-electron chi connectivity index (χ4n) is 2.15. The lowest BCUT2D eigenvalue weighted by atomic mass is 10.0. The third-order valence-corrected chi connectivity index (χ3v) is 3.38. The maximum atomic E-state index is 6.29. The average molecular weight is 254 g/mol. The van der Waals surface area contributed by atoms with Crippen LogP contribution >= 0.6 is 11.6 Å². The molecule has 0 aliphatic heterocycles. The highest BCUT2D eigenvalue weighted by Gasteiger charge is 2.08. The lowest BCUT2D eigenvalue weighted by molar-refractivity contribution is 1.35. The van der Waals surface area contributed by atoms with Crippen molar-refractivity contribution in [2.75, 3.05) is 0 Å². The van der Waals surface area contributed by atoms with Crippen molar-refractivity contribution in [2.24, 2.45) is 0 Å². The van der Waals surface area contributed by atoms with E-state index in [9.17, 15) is 0 Å². The molecule has 18 heavy (non-hydrogen) atoms. The molecule has 0 spiro atoms. The number of fused-ring (bicyclic) bond motifs is 1. The van der Waals surface area contributed by atoms with E-state index in [4.69, 9.17) is 11.6 Å². The van der Waals surface area contributed by atoms with Crippen LogP contribution in [0, 0.1) is 6.92 Å². The molecule has 1 aromatic heterocycles. The minimum absolute atomic E-state index is 0.740.